The molecular formula is C6H2ClN2O2S-. The molecule has 0 spiro atoms. The van der Waals surface area contributed by atoms with Crippen molar-refractivity contribution in [3.63, 3.8) is 0 Å². The zero-order valence-electron chi connectivity index (χ0n) is 5.65. The minimum Gasteiger partial charge on any atom is -0.543 e. The third kappa shape index (κ3) is 0.904. The summed E-state index contributed by atoms with van der Waals surface area (Å²) < 4.78 is 1.39. The lowest BCUT2D eigenvalue weighted by molar-refractivity contribution is -0.255. The Morgan fingerprint density at radius 2 is 2.50 bits per heavy atom. The van der Waals surface area contributed by atoms with Crippen molar-refractivity contribution in [2.75, 3.05) is 0 Å². The van der Waals surface area contributed by atoms with Crippen molar-refractivity contribution in [2.24, 2.45) is 0 Å². The molecule has 12 heavy (non-hydrogen) atoms. The normalized spacial score (nSPS) is 10.8. The summed E-state index contributed by atoms with van der Waals surface area (Å²) >= 11 is 6.87. The van der Waals surface area contributed by atoms with E-state index in [1.807, 2.05) is 0 Å². The van der Waals surface area contributed by atoms with Crippen LogP contribution in [0, 0.1) is 0 Å². The molecule has 0 aliphatic rings. The summed E-state index contributed by atoms with van der Waals surface area (Å²) in [6, 6.07) is 0. The maximum atomic E-state index is 10.5. The fourth-order valence-corrected chi connectivity index (χ4v) is 1.95. The second kappa shape index (κ2) is 2.46. The highest BCUT2D eigenvalue weighted by Gasteiger charge is 2.10. The Hall–Kier alpha value is -1.07. The van der Waals surface area contributed by atoms with Gasteiger partial charge in [-0.05, 0) is 0 Å². The second-order valence-corrected chi connectivity index (χ2v) is 3.33. The Morgan fingerprint density at radius 3 is 3.17 bits per heavy atom. The Bertz CT molecular complexity index is 447. The van der Waals surface area contributed by atoms with Gasteiger partial charge in [0.1, 0.15) is 5.69 Å². The number of carboxylic acids is 1. The number of aromatic carboxylic acids is 1. The van der Waals surface area contributed by atoms with Crippen molar-refractivity contribution in [1.82, 2.24) is 9.38 Å². The Kier molecular flexibility index (Phi) is 1.55. The lowest BCUT2D eigenvalue weighted by Crippen LogP contribution is -2.24. The van der Waals surface area contributed by atoms with Crippen molar-refractivity contribution in [2.45, 2.75) is 0 Å². The highest BCUT2D eigenvalue weighted by molar-refractivity contribution is 7.15. The van der Waals surface area contributed by atoms with Crippen molar-refractivity contribution in [1.29, 1.82) is 0 Å². The van der Waals surface area contributed by atoms with Crippen LogP contribution in [-0.4, -0.2) is 15.4 Å². The topological polar surface area (TPSA) is 57.4 Å². The largest absolute Gasteiger partial charge is 0.543 e. The molecule has 6 heteroatoms. The van der Waals surface area contributed by atoms with Crippen LogP contribution in [0.4, 0.5) is 0 Å². The summed E-state index contributed by atoms with van der Waals surface area (Å²) in [6.45, 7) is 0. The first-order valence-electron chi connectivity index (χ1n) is 3.02. The predicted molar refractivity (Wildman–Crippen MR) is 42.4 cm³/mol. The van der Waals surface area contributed by atoms with Crippen molar-refractivity contribution in [3.05, 3.63) is 22.4 Å². The molecule has 0 aromatic carbocycles. The molecule has 0 N–H and O–H groups in total. The first-order chi connectivity index (χ1) is 5.70. The number of carbonyl (C=O) groups is 1. The number of thiazole rings is 1. The first kappa shape index (κ1) is 7.57. The van der Waals surface area contributed by atoms with E-state index in [-0.39, 0.29) is 10.8 Å². The van der Waals surface area contributed by atoms with Gasteiger partial charge in [0.05, 0.1) is 5.97 Å². The van der Waals surface area contributed by atoms with E-state index < -0.39 is 5.97 Å². The van der Waals surface area contributed by atoms with E-state index >= 15 is 0 Å². The number of hydrogen-bond donors (Lipinski definition) is 0. The molecule has 0 unspecified atom stereocenters. The van der Waals surface area contributed by atoms with Gasteiger partial charge in [-0.1, -0.05) is 11.6 Å². The van der Waals surface area contributed by atoms with Gasteiger partial charge in [-0.15, -0.1) is 11.3 Å². The molecule has 0 aliphatic carbocycles. The van der Waals surface area contributed by atoms with Crippen molar-refractivity contribution >= 4 is 33.9 Å². The van der Waals surface area contributed by atoms with E-state index in [4.69, 9.17) is 11.6 Å². The van der Waals surface area contributed by atoms with Gasteiger partial charge >= 0.3 is 0 Å². The van der Waals surface area contributed by atoms with Crippen LogP contribution in [0.3, 0.4) is 0 Å². The molecule has 0 fully saturated rings. The zero-order chi connectivity index (χ0) is 8.72. The number of carbonyl (C=O) groups excluding carboxylic acids is 1. The second-order valence-electron chi connectivity index (χ2n) is 2.09. The van der Waals surface area contributed by atoms with Crippen LogP contribution in [0.5, 0.6) is 0 Å². The smallest absolute Gasteiger partial charge is 0.195 e. The minimum atomic E-state index is -1.31. The van der Waals surface area contributed by atoms with Crippen LogP contribution < -0.4 is 5.11 Å². The van der Waals surface area contributed by atoms with Crippen molar-refractivity contribution in [3.8, 4) is 0 Å². The number of fused-ring (bicyclic) bond motifs is 1. The van der Waals surface area contributed by atoms with E-state index in [9.17, 15) is 9.90 Å². The molecule has 2 aromatic heterocycles. The Labute approximate surface area is 76.0 Å². The van der Waals surface area contributed by atoms with Crippen LogP contribution in [0.15, 0.2) is 11.6 Å². The quantitative estimate of drug-likeness (QED) is 0.672. The summed E-state index contributed by atoms with van der Waals surface area (Å²) in [5.74, 6) is -1.31. The Balaban J connectivity index is 2.84. The number of aromatic nitrogens is 2. The maximum absolute atomic E-state index is 10.5. The van der Waals surface area contributed by atoms with Crippen LogP contribution >= 0.6 is 22.9 Å². The SMILES string of the molecule is O=C([O-])c1c(Cl)nc2sccn12. The highest BCUT2D eigenvalue weighted by Crippen LogP contribution is 2.20. The van der Waals surface area contributed by atoms with Gasteiger partial charge in [0.15, 0.2) is 10.1 Å². The first-order valence-corrected chi connectivity index (χ1v) is 4.28. The molecule has 0 aliphatic heterocycles. The number of carboxylic acid groups (broad SMARTS) is 1. The lowest BCUT2D eigenvalue weighted by atomic mass is 10.5. The third-order valence-electron chi connectivity index (χ3n) is 1.41. The molecular weight excluding hydrogens is 200 g/mol. The van der Waals surface area contributed by atoms with E-state index in [1.54, 1.807) is 11.6 Å². The van der Waals surface area contributed by atoms with Crippen LogP contribution in [0.25, 0.3) is 4.96 Å². The molecule has 2 heterocycles. The van der Waals surface area contributed by atoms with E-state index in [2.05, 4.69) is 4.98 Å². The third-order valence-corrected chi connectivity index (χ3v) is 2.43. The summed E-state index contributed by atoms with van der Waals surface area (Å²) in [5.41, 5.74) is -0.0899. The molecule has 2 aromatic rings. The van der Waals surface area contributed by atoms with Gasteiger partial charge in [0.2, 0.25) is 0 Å². The number of nitrogens with zero attached hydrogens (tertiary/aromatic N) is 2. The average Bonchev–Trinajstić information content (AvgIpc) is 2.44. The van der Waals surface area contributed by atoms with Gasteiger partial charge in [-0.2, -0.15) is 0 Å². The van der Waals surface area contributed by atoms with Gasteiger partial charge < -0.3 is 9.90 Å². The van der Waals surface area contributed by atoms with Gasteiger partial charge in [0.25, 0.3) is 0 Å². The van der Waals surface area contributed by atoms with E-state index in [0.29, 0.717) is 4.96 Å². The maximum Gasteiger partial charge on any atom is 0.195 e. The molecule has 0 saturated carbocycles. The molecule has 62 valence electrons. The summed E-state index contributed by atoms with van der Waals surface area (Å²) in [4.78, 5) is 14.9. The van der Waals surface area contributed by atoms with Gasteiger partial charge in [0, 0.05) is 11.6 Å². The van der Waals surface area contributed by atoms with E-state index in [0.717, 1.165) is 0 Å². The number of hydrogen-bond acceptors (Lipinski definition) is 4. The number of rotatable bonds is 1. The molecule has 2 rings (SSSR count). The fraction of sp³-hybridized carbons (Fsp3) is 0. The van der Waals surface area contributed by atoms with Gasteiger partial charge in [-0.3, -0.25) is 4.40 Å². The van der Waals surface area contributed by atoms with Crippen LogP contribution in [-0.2, 0) is 0 Å². The van der Waals surface area contributed by atoms with Crippen molar-refractivity contribution < 1.29 is 9.90 Å². The number of halogens is 1. The Morgan fingerprint density at radius 1 is 1.75 bits per heavy atom. The minimum absolute atomic E-state index is 0.0261. The summed E-state index contributed by atoms with van der Waals surface area (Å²) in [7, 11) is 0. The standard InChI is InChI=1S/C6H3ClN2O2S/c7-4-3(5(10)11)9-1-2-12-6(9)8-4/h1-2H,(H,10,11)/p-1. The lowest BCUT2D eigenvalue weighted by Gasteiger charge is -1.98. The highest BCUT2D eigenvalue weighted by atomic mass is 35.5. The van der Waals surface area contributed by atoms with E-state index in [1.165, 1.54) is 15.7 Å². The molecule has 0 amide bonds. The van der Waals surface area contributed by atoms with Crippen LogP contribution in [0.2, 0.25) is 5.15 Å². The molecule has 0 saturated heterocycles. The number of imidazole rings is 1. The monoisotopic (exact) mass is 201 g/mol. The van der Waals surface area contributed by atoms with Crippen LogP contribution in [0.1, 0.15) is 10.5 Å². The molecule has 0 atom stereocenters. The summed E-state index contributed by atoms with van der Waals surface area (Å²) in [6.07, 6.45) is 1.59. The molecule has 4 nitrogen and oxygen atoms in total. The van der Waals surface area contributed by atoms with Gasteiger partial charge in [-0.25, -0.2) is 4.98 Å². The molecule has 0 bridgehead atoms. The average molecular weight is 202 g/mol. The molecule has 0 radical (unpaired) electrons. The fourth-order valence-electron chi connectivity index (χ4n) is 0.942. The predicted octanol–water partition coefficient (Wildman–Crippen LogP) is 0.413. The summed E-state index contributed by atoms with van der Waals surface area (Å²) in [5, 5.41) is 12.2. The zero-order valence-corrected chi connectivity index (χ0v) is 7.22.